The summed E-state index contributed by atoms with van der Waals surface area (Å²) in [6.45, 7) is 2.01. The van der Waals surface area contributed by atoms with Crippen molar-refractivity contribution in [2.45, 2.75) is 6.92 Å². The first kappa shape index (κ1) is 27.3. The van der Waals surface area contributed by atoms with Gasteiger partial charge in [-0.25, -0.2) is 0 Å². The molecule has 0 unspecified atom stereocenters. The summed E-state index contributed by atoms with van der Waals surface area (Å²) in [5.41, 5.74) is 4.43. The predicted octanol–water partition coefficient (Wildman–Crippen LogP) is 10.5. The molecule has 0 aliphatic heterocycles. The number of nitrogens with zero attached hydrogens (tertiary/aromatic N) is 3. The quantitative estimate of drug-likeness (QED) is 0.111. The van der Waals surface area contributed by atoms with E-state index < -0.39 is 0 Å². The third-order valence-corrected chi connectivity index (χ3v) is 7.10. The number of aromatic nitrogens is 1. The first-order valence-corrected chi connectivity index (χ1v) is 16.1. The van der Waals surface area contributed by atoms with Crippen LogP contribution >= 0.6 is 20.2 Å². The van der Waals surface area contributed by atoms with Gasteiger partial charge in [0.2, 0.25) is 0 Å². The van der Waals surface area contributed by atoms with E-state index in [1.165, 1.54) is 32.3 Å². The van der Waals surface area contributed by atoms with Crippen molar-refractivity contribution in [3.8, 4) is 0 Å². The molecule has 0 radical (unpaired) electrons. The molecule has 1 aromatic heterocycles. The fourth-order valence-electron chi connectivity index (χ4n) is 5.14. The normalized spacial score (nSPS) is 11.9. The van der Waals surface area contributed by atoms with Crippen molar-refractivity contribution in [3.63, 3.8) is 0 Å². The van der Waals surface area contributed by atoms with Crippen LogP contribution in [-0.4, -0.2) is 11.9 Å². The second kappa shape index (κ2) is 12.3. The van der Waals surface area contributed by atoms with Gasteiger partial charge in [0.05, 0.1) is 11.4 Å². The van der Waals surface area contributed by atoms with E-state index in [0.717, 1.165) is 39.2 Å². The van der Waals surface area contributed by atoms with Gasteiger partial charge in [-0.3, -0.25) is 9.98 Å². The molecule has 0 spiro atoms. The van der Waals surface area contributed by atoms with Crippen LogP contribution in [0.1, 0.15) is 18.3 Å². The number of hydrogen-bond donors (Lipinski definition) is 0. The Morgan fingerprint density at radius 1 is 0.610 bits per heavy atom. The van der Waals surface area contributed by atoms with Gasteiger partial charge in [0, 0.05) is 22.7 Å². The van der Waals surface area contributed by atoms with E-state index in [4.69, 9.17) is 35.2 Å². The zero-order valence-electron chi connectivity index (χ0n) is 22.1. The maximum atomic E-state index is 4.98. The fraction of sp³-hybridized carbons (Fsp3) is 0.0286. The predicted molar refractivity (Wildman–Crippen MR) is 174 cm³/mol. The zero-order chi connectivity index (χ0) is 28.2. The minimum absolute atomic E-state index is 0.194. The molecule has 0 N–H and O–H groups in total. The minimum atomic E-state index is 0.194. The van der Waals surface area contributed by atoms with Crippen molar-refractivity contribution in [3.05, 3.63) is 133 Å². The molecule has 7 rings (SSSR count). The van der Waals surface area contributed by atoms with E-state index in [-0.39, 0.29) is 13.1 Å². The molecule has 0 fully saturated rings. The molecule has 6 heteroatoms. The van der Waals surface area contributed by atoms with Crippen molar-refractivity contribution < 1.29 is 13.1 Å². The van der Waals surface area contributed by atoms with Crippen molar-refractivity contribution in [2.24, 2.45) is 9.98 Å². The number of hydrogen-bond acceptors (Lipinski definition) is 2. The van der Waals surface area contributed by atoms with Gasteiger partial charge >= 0.3 is 33.3 Å². The van der Waals surface area contributed by atoms with E-state index >= 15 is 0 Å². The average Bonchev–Trinajstić information content (AvgIpc) is 3.48. The van der Waals surface area contributed by atoms with Crippen LogP contribution in [0, 0.1) is 0 Å². The van der Waals surface area contributed by atoms with E-state index in [1.54, 1.807) is 0 Å². The molecule has 0 aliphatic carbocycles. The van der Waals surface area contributed by atoms with Gasteiger partial charge in [-0.2, -0.15) is 0 Å². The first-order chi connectivity index (χ1) is 20.1. The van der Waals surface area contributed by atoms with Crippen molar-refractivity contribution in [1.82, 2.24) is 4.98 Å². The van der Waals surface area contributed by atoms with Crippen molar-refractivity contribution >= 4 is 86.6 Å². The summed E-state index contributed by atoms with van der Waals surface area (Å²) in [4.78, 5) is 14.6. The summed E-state index contributed by atoms with van der Waals surface area (Å²) in [6.07, 6.45) is 1.84. The maximum absolute atomic E-state index is 4.98. The molecular weight excluding hydrogens is 589 g/mol. The number of rotatable bonds is 4. The Kier molecular flexibility index (Phi) is 8.18. The SMILES string of the molecule is CC(=Nc1cccc2cc3ccccc3cc12)c1ccc(C=Nc2cccc3cc4ccccc4cc23)[n-]1.[Cl][Fe+][Cl]. The standard InChI is InChI=1S/C35H24N3.2ClH.Fe/c1-23(37-35-15-7-13-29-19-25-9-3-5-11-27(25)21-32(29)35)33-17-16-30(38-33)22-36-34-14-6-12-28-18-24-8-2-4-10-26(24)20-31(28)34;;;/h2-22H,1H3;2*1H;/q-1;;;+3/p-2. The number of fused-ring (bicyclic) bond motifs is 4. The third-order valence-electron chi connectivity index (χ3n) is 7.10. The Morgan fingerprint density at radius 3 is 1.68 bits per heavy atom. The zero-order valence-corrected chi connectivity index (χ0v) is 24.7. The van der Waals surface area contributed by atoms with Crippen LogP contribution in [0.15, 0.2) is 131 Å². The number of aliphatic imine (C=N–C) groups is 2. The Bertz CT molecular complexity index is 2080. The summed E-state index contributed by atoms with van der Waals surface area (Å²) >= 11 is 0.194. The van der Waals surface area contributed by atoms with Crippen molar-refractivity contribution in [2.75, 3.05) is 0 Å². The van der Waals surface area contributed by atoms with Crippen LogP contribution in [0.2, 0.25) is 0 Å². The summed E-state index contributed by atoms with van der Waals surface area (Å²) in [5, 5.41) is 9.54. The molecule has 6 aromatic carbocycles. The van der Waals surface area contributed by atoms with Crippen LogP contribution < -0.4 is 4.98 Å². The summed E-state index contributed by atoms with van der Waals surface area (Å²) in [7, 11) is 9.53. The van der Waals surface area contributed by atoms with Gasteiger partial charge in [0.1, 0.15) is 0 Å². The molecule has 0 atom stereocenters. The molecule has 1 heterocycles. The van der Waals surface area contributed by atoms with E-state index in [2.05, 4.69) is 103 Å². The monoisotopic (exact) mass is 612 g/mol. The van der Waals surface area contributed by atoms with E-state index in [1.807, 2.05) is 31.3 Å². The molecule has 0 amide bonds. The molecule has 0 bridgehead atoms. The van der Waals surface area contributed by atoms with Crippen LogP contribution in [-0.2, 0) is 13.1 Å². The average molecular weight is 613 g/mol. The molecule has 0 aliphatic rings. The topological polar surface area (TPSA) is 38.8 Å². The van der Waals surface area contributed by atoms with Crippen LogP contribution in [0.25, 0.3) is 43.1 Å². The Balaban J connectivity index is 0.000000967. The van der Waals surface area contributed by atoms with Gasteiger partial charge in [0.25, 0.3) is 0 Å². The third kappa shape index (κ3) is 5.93. The van der Waals surface area contributed by atoms with Gasteiger partial charge < -0.3 is 4.98 Å². The molecule has 0 saturated carbocycles. The number of benzene rings is 6. The Hall–Kier alpha value is -3.92. The first-order valence-electron chi connectivity index (χ1n) is 13.0. The summed E-state index contributed by atoms with van der Waals surface area (Å²) in [5.74, 6) is 0. The second-order valence-corrected chi connectivity index (χ2v) is 11.5. The van der Waals surface area contributed by atoms with Crippen molar-refractivity contribution in [1.29, 1.82) is 0 Å². The van der Waals surface area contributed by atoms with Gasteiger partial charge in [0.15, 0.2) is 0 Å². The Morgan fingerprint density at radius 2 is 1.10 bits per heavy atom. The van der Waals surface area contributed by atoms with Gasteiger partial charge in [-0.1, -0.05) is 84.9 Å². The Labute approximate surface area is 253 Å². The van der Waals surface area contributed by atoms with E-state index in [9.17, 15) is 0 Å². The van der Waals surface area contributed by atoms with Crippen LogP contribution in [0.4, 0.5) is 11.4 Å². The fourth-order valence-corrected chi connectivity index (χ4v) is 5.14. The molecule has 3 nitrogen and oxygen atoms in total. The second-order valence-electron chi connectivity index (χ2n) is 9.66. The molecular formula is C35H24Cl2FeN3. The number of halogens is 2. The van der Waals surface area contributed by atoms with Crippen LogP contribution in [0.5, 0.6) is 0 Å². The van der Waals surface area contributed by atoms with Gasteiger partial charge in [-0.05, 0) is 75.6 Å². The molecule has 201 valence electrons. The molecule has 7 aromatic rings. The molecule has 41 heavy (non-hydrogen) atoms. The van der Waals surface area contributed by atoms with Crippen LogP contribution in [0.3, 0.4) is 0 Å². The van der Waals surface area contributed by atoms with E-state index in [0.29, 0.717) is 0 Å². The molecule has 0 saturated heterocycles. The summed E-state index contributed by atoms with van der Waals surface area (Å²) in [6, 6.07) is 42.3. The van der Waals surface area contributed by atoms with Gasteiger partial charge in [-0.15, -0.1) is 11.4 Å². The summed E-state index contributed by atoms with van der Waals surface area (Å²) < 4.78 is 0.